The number of hydrogen-bond acceptors (Lipinski definition) is 2. The van der Waals surface area contributed by atoms with Crippen molar-refractivity contribution in [2.45, 2.75) is 117 Å². The molecule has 0 aliphatic rings. The number of benzene rings is 7. The van der Waals surface area contributed by atoms with E-state index in [9.17, 15) is 0 Å². The fourth-order valence-electron chi connectivity index (χ4n) is 9.96. The fourth-order valence-corrected chi connectivity index (χ4v) is 9.96. The molecule has 6 heteroatoms. The van der Waals surface area contributed by atoms with Gasteiger partial charge in [-0.3, -0.25) is 4.57 Å². The quantitative estimate of drug-likeness (QED) is 0.101. The Morgan fingerprint density at radius 1 is 0.473 bits per heavy atom. The van der Waals surface area contributed by atoms with Crippen LogP contribution in [-0.4, -0.2) is 14.1 Å². The Hall–Kier alpha value is -6.81. The van der Waals surface area contributed by atoms with E-state index >= 15 is 0 Å². The normalized spacial score (nSPS) is 12.6. The van der Waals surface area contributed by atoms with Crippen molar-refractivity contribution < 1.29 is 30.4 Å². The molecule has 0 atom stereocenters. The van der Waals surface area contributed by atoms with E-state index in [1.807, 2.05) is 12.3 Å². The van der Waals surface area contributed by atoms with Crippen LogP contribution in [0.3, 0.4) is 0 Å². The molecule has 3 aromatic heterocycles. The van der Waals surface area contributed by atoms with Crippen LogP contribution in [0, 0.1) is 18.5 Å². The zero-order valence-electron chi connectivity index (χ0n) is 45.3. The molecule has 10 rings (SSSR count). The van der Waals surface area contributed by atoms with E-state index in [2.05, 4.69) is 286 Å². The number of pyridine rings is 1. The maximum atomic E-state index is 7.05. The molecule has 0 aliphatic heterocycles. The molecule has 0 radical (unpaired) electrons. The fraction of sp³-hybridized carbons (Fsp3) is 0.265. The van der Waals surface area contributed by atoms with Gasteiger partial charge in [-0.2, -0.15) is 12.1 Å². The smallest absolute Gasteiger partial charge is 0.267 e. The summed E-state index contributed by atoms with van der Waals surface area (Å²) in [6.07, 6.45) is 7.91. The first kappa shape index (κ1) is 52.1. The van der Waals surface area contributed by atoms with Gasteiger partial charge >= 0.3 is 0 Å². The molecule has 0 saturated carbocycles. The summed E-state index contributed by atoms with van der Waals surface area (Å²) >= 11 is 0. The molecular formula is C68H68N4OPt-2. The van der Waals surface area contributed by atoms with Gasteiger partial charge in [0.2, 0.25) is 0 Å². The van der Waals surface area contributed by atoms with Crippen LogP contribution in [0.25, 0.3) is 50.3 Å². The van der Waals surface area contributed by atoms with Crippen molar-refractivity contribution in [3.05, 3.63) is 234 Å². The topological polar surface area (TPSA) is 35.9 Å². The summed E-state index contributed by atoms with van der Waals surface area (Å²) in [4.78, 5) is 5.01. The maximum Gasteiger partial charge on any atom is 0.267 e. The van der Waals surface area contributed by atoms with Crippen molar-refractivity contribution in [1.29, 1.82) is 0 Å². The predicted octanol–water partition coefficient (Wildman–Crippen LogP) is 16.6. The third-order valence-electron chi connectivity index (χ3n) is 14.9. The average Bonchev–Trinajstić information content (AvgIpc) is 3.96. The number of ether oxygens (including phenoxy) is 1. The van der Waals surface area contributed by atoms with Gasteiger partial charge < -0.3 is 13.9 Å². The molecule has 10 aromatic rings. The van der Waals surface area contributed by atoms with Crippen molar-refractivity contribution in [2.75, 3.05) is 0 Å². The van der Waals surface area contributed by atoms with Crippen LogP contribution >= 0.6 is 0 Å². The van der Waals surface area contributed by atoms with Crippen LogP contribution in [0.4, 0.5) is 0 Å². The van der Waals surface area contributed by atoms with E-state index in [1.54, 1.807) is 0 Å². The molecule has 0 aliphatic carbocycles. The Balaban J connectivity index is 0.00000672. The number of nitrogens with zero attached hydrogens (tertiary/aromatic N) is 4. The van der Waals surface area contributed by atoms with Gasteiger partial charge in [-0.05, 0) is 102 Å². The Bertz CT molecular complexity index is 3600. The molecule has 7 aromatic carbocycles. The van der Waals surface area contributed by atoms with Gasteiger partial charge in [-0.25, -0.2) is 4.98 Å². The van der Waals surface area contributed by atoms with Crippen molar-refractivity contribution in [3.8, 4) is 39.9 Å². The molecule has 3 heterocycles. The van der Waals surface area contributed by atoms with Gasteiger partial charge in [-0.15, -0.1) is 35.2 Å². The standard InChI is InChI=1S/C68H68N4O.Pt/c1-64(2,3)49-33-34-69-63(41-49)72-60-32-29-50(67(10,11)47-25-19-15-20-26-47)40-59(60)58-31-30-56(43-61(58)72)73-57-39-53(68(12,13)48-27-21-16-22-28-48)38-54(42-57)70-44-62(46-23-17-14-18-24-46)71(45-70)55-36-51(65(4,5)6)35-52(37-55)66(7,8)9;/h14-41,44H,1-13H3;/q-2;. The molecule has 0 unspecified atom stereocenters. The molecule has 0 saturated heterocycles. The van der Waals surface area contributed by atoms with Gasteiger partial charge in [0.15, 0.2) is 0 Å². The first-order valence-corrected chi connectivity index (χ1v) is 25.7. The molecule has 0 fully saturated rings. The zero-order valence-corrected chi connectivity index (χ0v) is 47.5. The molecule has 74 heavy (non-hydrogen) atoms. The summed E-state index contributed by atoms with van der Waals surface area (Å²) in [6.45, 7) is 29.6. The van der Waals surface area contributed by atoms with E-state index in [0.717, 1.165) is 55.8 Å². The van der Waals surface area contributed by atoms with Crippen molar-refractivity contribution in [3.63, 3.8) is 0 Å². The second kappa shape index (κ2) is 19.5. The Morgan fingerprint density at radius 2 is 1.05 bits per heavy atom. The van der Waals surface area contributed by atoms with Crippen LogP contribution in [-0.2, 0) is 48.1 Å². The van der Waals surface area contributed by atoms with Crippen LogP contribution < -0.4 is 9.30 Å². The van der Waals surface area contributed by atoms with E-state index in [-0.39, 0.29) is 42.7 Å². The monoisotopic (exact) mass is 1150 g/mol. The third kappa shape index (κ3) is 10.1. The number of fused-ring (bicyclic) bond motifs is 3. The first-order valence-electron chi connectivity index (χ1n) is 25.7. The second-order valence-electron chi connectivity index (χ2n) is 24.0. The summed E-state index contributed by atoms with van der Waals surface area (Å²) < 4.78 is 13.6. The first-order chi connectivity index (χ1) is 34.6. The molecule has 0 spiro atoms. The minimum Gasteiger partial charge on any atom is -0.510 e. The minimum absolute atomic E-state index is 0. The van der Waals surface area contributed by atoms with Crippen LogP contribution in [0.15, 0.2) is 176 Å². The van der Waals surface area contributed by atoms with Gasteiger partial charge in [0.25, 0.3) is 6.33 Å². The molecule has 5 nitrogen and oxygen atoms in total. The van der Waals surface area contributed by atoms with E-state index in [0.29, 0.717) is 11.5 Å². The van der Waals surface area contributed by atoms with Gasteiger partial charge in [0.05, 0.1) is 11.4 Å². The number of hydrogen-bond donors (Lipinski definition) is 0. The molecule has 378 valence electrons. The zero-order chi connectivity index (χ0) is 51.7. The van der Waals surface area contributed by atoms with Crippen molar-refractivity contribution in [1.82, 2.24) is 14.1 Å². The van der Waals surface area contributed by atoms with Crippen LogP contribution in [0.2, 0.25) is 0 Å². The number of imidazole rings is 1. The molecular weight excluding hydrogens is 1080 g/mol. The summed E-state index contributed by atoms with van der Waals surface area (Å²) in [7, 11) is 0. The molecule has 0 N–H and O–H groups in total. The van der Waals surface area contributed by atoms with Gasteiger partial charge in [-0.1, -0.05) is 205 Å². The Morgan fingerprint density at radius 3 is 1.65 bits per heavy atom. The number of aromatic nitrogens is 4. The van der Waals surface area contributed by atoms with Crippen molar-refractivity contribution >= 4 is 21.8 Å². The molecule has 0 amide bonds. The van der Waals surface area contributed by atoms with E-state index in [1.165, 1.54) is 33.4 Å². The largest absolute Gasteiger partial charge is 0.510 e. The minimum atomic E-state index is -0.397. The summed E-state index contributed by atoms with van der Waals surface area (Å²) in [6, 6.07) is 66.3. The average molecular weight is 1150 g/mol. The Kier molecular flexibility index (Phi) is 13.7. The maximum absolute atomic E-state index is 7.05. The Labute approximate surface area is 454 Å². The third-order valence-corrected chi connectivity index (χ3v) is 14.9. The van der Waals surface area contributed by atoms with E-state index in [4.69, 9.17) is 9.72 Å². The van der Waals surface area contributed by atoms with Gasteiger partial charge in [0, 0.05) is 55.9 Å². The summed E-state index contributed by atoms with van der Waals surface area (Å²) in [5, 5.41) is 2.21. The summed E-state index contributed by atoms with van der Waals surface area (Å²) in [5.74, 6) is 1.99. The second-order valence-corrected chi connectivity index (χ2v) is 24.0. The van der Waals surface area contributed by atoms with Crippen LogP contribution in [0.1, 0.15) is 129 Å². The van der Waals surface area contributed by atoms with Crippen LogP contribution in [0.5, 0.6) is 11.5 Å². The summed E-state index contributed by atoms with van der Waals surface area (Å²) in [5.41, 5.74) is 13.6. The molecule has 0 bridgehead atoms. The SMILES string of the molecule is CC(C)(C)c1cc(-[n+]2[c-]n(-c3[c-]c(Oc4[c-]c5c(cc4)c4cc(C(C)(C)c6ccccc6)ccc4n5-c4cc(C(C)(C)C)ccn4)cc(C(C)(C)c4ccccc4)c3)cc2-c2ccccc2)cc(C(C)(C)C)c1.[Pt]. The van der Waals surface area contributed by atoms with Gasteiger partial charge in [0.1, 0.15) is 5.82 Å². The van der Waals surface area contributed by atoms with Crippen molar-refractivity contribution in [2.24, 2.45) is 0 Å². The predicted molar refractivity (Wildman–Crippen MR) is 301 cm³/mol. The van der Waals surface area contributed by atoms with E-state index < -0.39 is 5.41 Å². The number of rotatable bonds is 10.